The number of ether oxygens (including phenoxy) is 2. The van der Waals surface area contributed by atoms with Crippen LogP contribution in [0.15, 0.2) is 18.2 Å². The SMILES string of the molecule is CCCNCc1nnc(-c2cc(OC)ccc2OC)s1. The summed E-state index contributed by atoms with van der Waals surface area (Å²) in [5.74, 6) is 1.55. The molecule has 1 aromatic heterocycles. The molecule has 20 heavy (non-hydrogen) atoms. The van der Waals surface area contributed by atoms with Gasteiger partial charge in [-0.15, -0.1) is 10.2 Å². The number of benzene rings is 1. The summed E-state index contributed by atoms with van der Waals surface area (Å²) < 4.78 is 10.6. The molecule has 0 aliphatic rings. The fourth-order valence-corrected chi connectivity index (χ4v) is 2.62. The molecule has 0 spiro atoms. The van der Waals surface area contributed by atoms with Gasteiger partial charge in [-0.25, -0.2) is 0 Å². The number of methoxy groups -OCH3 is 2. The van der Waals surface area contributed by atoms with E-state index in [0.717, 1.165) is 46.6 Å². The first-order valence-electron chi connectivity index (χ1n) is 6.54. The Morgan fingerprint density at radius 1 is 1.20 bits per heavy atom. The predicted molar refractivity (Wildman–Crippen MR) is 80.4 cm³/mol. The van der Waals surface area contributed by atoms with E-state index < -0.39 is 0 Å². The van der Waals surface area contributed by atoms with Crippen molar-refractivity contribution in [1.29, 1.82) is 0 Å². The summed E-state index contributed by atoms with van der Waals surface area (Å²) in [5, 5.41) is 13.6. The van der Waals surface area contributed by atoms with Crippen LogP contribution in [0.2, 0.25) is 0 Å². The van der Waals surface area contributed by atoms with Crippen LogP contribution in [0.1, 0.15) is 18.4 Å². The third kappa shape index (κ3) is 3.46. The Balaban J connectivity index is 2.22. The van der Waals surface area contributed by atoms with Crippen molar-refractivity contribution >= 4 is 11.3 Å². The Morgan fingerprint density at radius 2 is 2.05 bits per heavy atom. The van der Waals surface area contributed by atoms with Gasteiger partial charge in [0.05, 0.1) is 19.8 Å². The highest BCUT2D eigenvalue weighted by molar-refractivity contribution is 7.14. The highest BCUT2D eigenvalue weighted by Gasteiger charge is 2.12. The molecule has 6 heteroatoms. The van der Waals surface area contributed by atoms with Crippen molar-refractivity contribution in [1.82, 2.24) is 15.5 Å². The minimum atomic E-state index is 0.748. The molecule has 0 fully saturated rings. The van der Waals surface area contributed by atoms with Gasteiger partial charge in [-0.3, -0.25) is 0 Å². The average molecular weight is 293 g/mol. The van der Waals surface area contributed by atoms with Crippen LogP contribution in [-0.2, 0) is 6.54 Å². The van der Waals surface area contributed by atoms with E-state index in [0.29, 0.717) is 0 Å². The van der Waals surface area contributed by atoms with Crippen LogP contribution in [0.4, 0.5) is 0 Å². The molecule has 0 atom stereocenters. The maximum absolute atomic E-state index is 5.37. The number of nitrogens with zero attached hydrogens (tertiary/aromatic N) is 2. The molecule has 2 rings (SSSR count). The summed E-state index contributed by atoms with van der Waals surface area (Å²) in [5.41, 5.74) is 0.908. The van der Waals surface area contributed by atoms with Gasteiger partial charge >= 0.3 is 0 Å². The molecule has 0 saturated heterocycles. The Labute approximate surface area is 123 Å². The lowest BCUT2D eigenvalue weighted by Gasteiger charge is -2.07. The summed E-state index contributed by atoms with van der Waals surface area (Å²) in [6.07, 6.45) is 1.11. The largest absolute Gasteiger partial charge is 0.497 e. The van der Waals surface area contributed by atoms with E-state index in [2.05, 4.69) is 22.4 Å². The van der Waals surface area contributed by atoms with Gasteiger partial charge in [-0.05, 0) is 31.2 Å². The zero-order chi connectivity index (χ0) is 14.4. The molecule has 0 unspecified atom stereocenters. The fourth-order valence-electron chi connectivity index (χ4n) is 1.79. The first-order valence-corrected chi connectivity index (χ1v) is 7.35. The van der Waals surface area contributed by atoms with Crippen LogP contribution in [0.5, 0.6) is 11.5 Å². The van der Waals surface area contributed by atoms with Crippen LogP contribution in [0.25, 0.3) is 10.6 Å². The maximum atomic E-state index is 5.37. The summed E-state index contributed by atoms with van der Waals surface area (Å²) in [4.78, 5) is 0. The average Bonchev–Trinajstić information content (AvgIpc) is 2.95. The van der Waals surface area contributed by atoms with E-state index in [1.165, 1.54) is 0 Å². The summed E-state index contributed by atoms with van der Waals surface area (Å²) in [6, 6.07) is 5.67. The highest BCUT2D eigenvalue weighted by atomic mass is 32.1. The quantitative estimate of drug-likeness (QED) is 0.795. The lowest BCUT2D eigenvalue weighted by Crippen LogP contribution is -2.13. The van der Waals surface area contributed by atoms with Gasteiger partial charge in [0.1, 0.15) is 16.5 Å². The minimum Gasteiger partial charge on any atom is -0.497 e. The van der Waals surface area contributed by atoms with E-state index in [-0.39, 0.29) is 0 Å². The van der Waals surface area contributed by atoms with Crippen LogP contribution >= 0.6 is 11.3 Å². The number of hydrogen-bond donors (Lipinski definition) is 1. The number of hydrogen-bond acceptors (Lipinski definition) is 6. The first-order chi connectivity index (χ1) is 9.78. The molecule has 1 N–H and O–H groups in total. The van der Waals surface area contributed by atoms with Gasteiger partial charge in [0.15, 0.2) is 5.01 Å². The van der Waals surface area contributed by atoms with Crippen molar-refractivity contribution in [2.45, 2.75) is 19.9 Å². The third-order valence-corrected chi connectivity index (χ3v) is 3.76. The first kappa shape index (κ1) is 14.7. The van der Waals surface area contributed by atoms with E-state index in [1.807, 2.05) is 18.2 Å². The van der Waals surface area contributed by atoms with Gasteiger partial charge < -0.3 is 14.8 Å². The lowest BCUT2D eigenvalue weighted by molar-refractivity contribution is 0.404. The summed E-state index contributed by atoms with van der Waals surface area (Å²) in [7, 11) is 3.29. The van der Waals surface area contributed by atoms with Crippen molar-refractivity contribution in [3.63, 3.8) is 0 Å². The van der Waals surface area contributed by atoms with Gasteiger partial charge in [0, 0.05) is 6.54 Å². The van der Waals surface area contributed by atoms with Crippen LogP contribution in [-0.4, -0.2) is 31.0 Å². The normalized spacial score (nSPS) is 10.6. The summed E-state index contributed by atoms with van der Waals surface area (Å²) >= 11 is 1.56. The van der Waals surface area contributed by atoms with Crippen molar-refractivity contribution in [2.75, 3.05) is 20.8 Å². The summed E-state index contributed by atoms with van der Waals surface area (Å²) in [6.45, 7) is 3.87. The van der Waals surface area contributed by atoms with Crippen LogP contribution in [0.3, 0.4) is 0 Å². The smallest absolute Gasteiger partial charge is 0.151 e. The van der Waals surface area contributed by atoms with Gasteiger partial charge in [0.2, 0.25) is 0 Å². The molecule has 0 bridgehead atoms. The minimum absolute atomic E-state index is 0.748. The number of nitrogens with one attached hydrogen (secondary N) is 1. The zero-order valence-corrected chi connectivity index (χ0v) is 12.8. The Morgan fingerprint density at radius 3 is 2.75 bits per heavy atom. The predicted octanol–water partition coefficient (Wildman–Crippen LogP) is 2.72. The van der Waals surface area contributed by atoms with Crippen molar-refractivity contribution in [3.8, 4) is 22.1 Å². The lowest BCUT2D eigenvalue weighted by atomic mass is 10.2. The van der Waals surface area contributed by atoms with Gasteiger partial charge in [-0.2, -0.15) is 0 Å². The van der Waals surface area contributed by atoms with Gasteiger partial charge in [0.25, 0.3) is 0 Å². The molecular weight excluding hydrogens is 274 g/mol. The van der Waals surface area contributed by atoms with Crippen LogP contribution in [0, 0.1) is 0 Å². The molecular formula is C14H19N3O2S. The second-order valence-corrected chi connectivity index (χ2v) is 5.31. The molecule has 0 aliphatic carbocycles. The molecule has 1 heterocycles. The molecule has 0 saturated carbocycles. The van der Waals surface area contributed by atoms with Crippen molar-refractivity contribution < 1.29 is 9.47 Å². The molecule has 5 nitrogen and oxygen atoms in total. The molecule has 0 amide bonds. The van der Waals surface area contributed by atoms with Crippen molar-refractivity contribution in [2.24, 2.45) is 0 Å². The topological polar surface area (TPSA) is 56.3 Å². The number of aromatic nitrogens is 2. The van der Waals surface area contributed by atoms with E-state index in [9.17, 15) is 0 Å². The molecule has 0 aliphatic heterocycles. The molecule has 0 radical (unpaired) electrons. The Bertz CT molecular complexity index is 557. The monoisotopic (exact) mass is 293 g/mol. The highest BCUT2D eigenvalue weighted by Crippen LogP contribution is 2.34. The molecule has 1 aromatic carbocycles. The third-order valence-electron chi connectivity index (χ3n) is 2.81. The molecule has 108 valence electrons. The Hall–Kier alpha value is -1.66. The van der Waals surface area contributed by atoms with E-state index in [4.69, 9.17) is 9.47 Å². The molecule has 2 aromatic rings. The second-order valence-electron chi connectivity index (χ2n) is 4.24. The Kier molecular flexibility index (Phi) is 5.31. The standard InChI is InChI=1S/C14H19N3O2S/c1-4-7-15-9-13-16-17-14(20-13)11-8-10(18-2)5-6-12(11)19-3/h5-6,8,15H,4,7,9H2,1-3H3. The fraction of sp³-hybridized carbons (Fsp3) is 0.429. The number of rotatable bonds is 7. The second kappa shape index (κ2) is 7.21. The van der Waals surface area contributed by atoms with Crippen molar-refractivity contribution in [3.05, 3.63) is 23.2 Å². The van der Waals surface area contributed by atoms with E-state index >= 15 is 0 Å². The maximum Gasteiger partial charge on any atom is 0.151 e. The van der Waals surface area contributed by atoms with Gasteiger partial charge in [-0.1, -0.05) is 18.3 Å². The zero-order valence-electron chi connectivity index (χ0n) is 12.0. The van der Waals surface area contributed by atoms with Crippen LogP contribution < -0.4 is 14.8 Å². The van der Waals surface area contributed by atoms with E-state index in [1.54, 1.807) is 25.6 Å².